The number of hydrogen-bond donors (Lipinski definition) is 1. The molecule has 0 aliphatic heterocycles. The highest BCUT2D eigenvalue weighted by atomic mass is 16.5. The lowest BCUT2D eigenvalue weighted by molar-refractivity contribution is 0.00827. The average Bonchev–Trinajstić information content (AvgIpc) is 2.29. The van der Waals surface area contributed by atoms with E-state index in [1.54, 1.807) is 7.11 Å². The third kappa shape index (κ3) is 8.62. The highest BCUT2D eigenvalue weighted by molar-refractivity contribution is 4.76. The van der Waals surface area contributed by atoms with Crippen LogP contribution in [0.25, 0.3) is 0 Å². The van der Waals surface area contributed by atoms with E-state index in [0.29, 0.717) is 6.04 Å². The summed E-state index contributed by atoms with van der Waals surface area (Å²) in [7, 11) is 1.79. The summed E-state index contributed by atoms with van der Waals surface area (Å²) < 4.78 is 5.47. The topological polar surface area (TPSA) is 21.3 Å². The zero-order valence-corrected chi connectivity index (χ0v) is 12.8. The Morgan fingerprint density at radius 1 is 1.24 bits per heavy atom. The van der Waals surface area contributed by atoms with Gasteiger partial charge in [-0.25, -0.2) is 0 Å². The molecule has 0 amide bonds. The fraction of sp³-hybridized carbons (Fsp3) is 1.00. The molecule has 2 atom stereocenters. The highest BCUT2D eigenvalue weighted by Gasteiger charge is 2.20. The highest BCUT2D eigenvalue weighted by Crippen LogP contribution is 2.16. The van der Waals surface area contributed by atoms with Crippen molar-refractivity contribution >= 4 is 0 Å². The van der Waals surface area contributed by atoms with Gasteiger partial charge in [-0.2, -0.15) is 0 Å². The summed E-state index contributed by atoms with van der Waals surface area (Å²) in [6.45, 7) is 12.3. The van der Waals surface area contributed by atoms with Crippen molar-refractivity contribution < 1.29 is 4.74 Å². The molecular formula is C15H33NO. The molecule has 0 aromatic rings. The van der Waals surface area contributed by atoms with Gasteiger partial charge < -0.3 is 10.1 Å². The second-order valence-electron chi connectivity index (χ2n) is 5.89. The van der Waals surface area contributed by atoms with Crippen molar-refractivity contribution in [2.75, 3.05) is 13.7 Å². The molecule has 0 saturated carbocycles. The summed E-state index contributed by atoms with van der Waals surface area (Å²) in [4.78, 5) is 0. The first-order valence-corrected chi connectivity index (χ1v) is 7.23. The predicted octanol–water partition coefficient (Wildman–Crippen LogP) is 4.00. The van der Waals surface area contributed by atoms with E-state index in [-0.39, 0.29) is 5.60 Å². The van der Waals surface area contributed by atoms with Crippen LogP contribution in [0, 0.1) is 5.92 Å². The Kier molecular flexibility index (Phi) is 8.89. The zero-order valence-electron chi connectivity index (χ0n) is 12.8. The summed E-state index contributed by atoms with van der Waals surface area (Å²) in [6.07, 6.45) is 6.38. The van der Waals surface area contributed by atoms with E-state index in [1.165, 1.54) is 25.7 Å². The third-order valence-corrected chi connectivity index (χ3v) is 3.65. The Balaban J connectivity index is 3.84. The van der Waals surface area contributed by atoms with Crippen LogP contribution in [-0.2, 0) is 4.74 Å². The second kappa shape index (κ2) is 8.93. The molecule has 1 N–H and O–H groups in total. The van der Waals surface area contributed by atoms with Gasteiger partial charge >= 0.3 is 0 Å². The van der Waals surface area contributed by atoms with Crippen LogP contribution in [0.3, 0.4) is 0 Å². The fourth-order valence-corrected chi connectivity index (χ4v) is 2.20. The Bertz CT molecular complexity index is 180. The molecule has 0 aliphatic carbocycles. The molecule has 0 heterocycles. The summed E-state index contributed by atoms with van der Waals surface area (Å²) in [5, 5.41) is 3.65. The van der Waals surface area contributed by atoms with Crippen molar-refractivity contribution in [2.45, 2.75) is 78.4 Å². The first-order valence-electron chi connectivity index (χ1n) is 7.23. The van der Waals surface area contributed by atoms with Crippen molar-refractivity contribution in [3.05, 3.63) is 0 Å². The number of ether oxygens (including phenoxy) is 1. The monoisotopic (exact) mass is 243 g/mol. The molecule has 17 heavy (non-hydrogen) atoms. The third-order valence-electron chi connectivity index (χ3n) is 3.65. The van der Waals surface area contributed by atoms with Gasteiger partial charge in [-0.3, -0.25) is 0 Å². The molecule has 104 valence electrons. The SMILES string of the molecule is CCCCC(CC)CNC(C)CC(C)(C)OC. The Labute approximate surface area is 109 Å². The van der Waals surface area contributed by atoms with Crippen molar-refractivity contribution in [3.8, 4) is 0 Å². The lowest BCUT2D eigenvalue weighted by Crippen LogP contribution is -2.37. The van der Waals surface area contributed by atoms with Crippen molar-refractivity contribution in [3.63, 3.8) is 0 Å². The summed E-state index contributed by atoms with van der Waals surface area (Å²) in [5.74, 6) is 0.836. The first kappa shape index (κ1) is 16.9. The molecule has 2 heteroatoms. The number of methoxy groups -OCH3 is 1. The van der Waals surface area contributed by atoms with E-state index in [1.807, 2.05) is 0 Å². The molecule has 0 aromatic heterocycles. The number of hydrogen-bond acceptors (Lipinski definition) is 2. The van der Waals surface area contributed by atoms with Crippen LogP contribution in [0.2, 0.25) is 0 Å². The molecule has 0 spiro atoms. The molecule has 0 bridgehead atoms. The lowest BCUT2D eigenvalue weighted by atomic mass is 9.97. The van der Waals surface area contributed by atoms with Gasteiger partial charge in [0.2, 0.25) is 0 Å². The zero-order chi connectivity index (χ0) is 13.3. The lowest BCUT2D eigenvalue weighted by Gasteiger charge is -2.28. The Hall–Kier alpha value is -0.0800. The van der Waals surface area contributed by atoms with Crippen LogP contribution in [0.15, 0.2) is 0 Å². The average molecular weight is 243 g/mol. The minimum absolute atomic E-state index is 0.0163. The van der Waals surface area contributed by atoms with Crippen LogP contribution in [-0.4, -0.2) is 25.3 Å². The number of rotatable bonds is 10. The summed E-state index contributed by atoms with van der Waals surface area (Å²) in [5.41, 5.74) is -0.0163. The quantitative estimate of drug-likeness (QED) is 0.626. The van der Waals surface area contributed by atoms with E-state index in [0.717, 1.165) is 18.9 Å². The maximum Gasteiger partial charge on any atom is 0.0637 e. The van der Waals surface area contributed by atoms with Crippen molar-refractivity contribution in [1.82, 2.24) is 5.32 Å². The van der Waals surface area contributed by atoms with Crippen molar-refractivity contribution in [1.29, 1.82) is 0 Å². The summed E-state index contributed by atoms with van der Waals surface area (Å²) in [6, 6.07) is 0.528. The smallest absolute Gasteiger partial charge is 0.0637 e. The summed E-state index contributed by atoms with van der Waals surface area (Å²) >= 11 is 0. The minimum atomic E-state index is -0.0163. The van der Waals surface area contributed by atoms with E-state index in [4.69, 9.17) is 4.74 Å². The molecular weight excluding hydrogens is 210 g/mol. The van der Waals surface area contributed by atoms with Crippen LogP contribution >= 0.6 is 0 Å². The van der Waals surface area contributed by atoms with Crippen molar-refractivity contribution in [2.24, 2.45) is 5.92 Å². The minimum Gasteiger partial charge on any atom is -0.379 e. The first-order chi connectivity index (χ1) is 7.95. The second-order valence-corrected chi connectivity index (χ2v) is 5.89. The molecule has 0 fully saturated rings. The molecule has 0 aromatic carbocycles. The van der Waals surface area contributed by atoms with Crippen LogP contribution < -0.4 is 5.32 Å². The van der Waals surface area contributed by atoms with Gasteiger partial charge in [-0.1, -0.05) is 33.1 Å². The number of nitrogens with one attached hydrogen (secondary N) is 1. The predicted molar refractivity (Wildman–Crippen MR) is 76.5 cm³/mol. The Morgan fingerprint density at radius 2 is 1.88 bits per heavy atom. The van der Waals surface area contributed by atoms with Gasteiger partial charge in [-0.05, 0) is 46.1 Å². The fourth-order valence-electron chi connectivity index (χ4n) is 2.20. The van der Waals surface area contributed by atoms with Crippen LogP contribution in [0.1, 0.15) is 66.7 Å². The van der Waals surface area contributed by atoms with Gasteiger partial charge in [0.25, 0.3) is 0 Å². The van der Waals surface area contributed by atoms with Gasteiger partial charge in [0.1, 0.15) is 0 Å². The van der Waals surface area contributed by atoms with E-state index in [9.17, 15) is 0 Å². The van der Waals surface area contributed by atoms with E-state index >= 15 is 0 Å². The Morgan fingerprint density at radius 3 is 2.35 bits per heavy atom. The number of unbranched alkanes of at least 4 members (excludes halogenated alkanes) is 1. The van der Waals surface area contributed by atoms with E-state index < -0.39 is 0 Å². The van der Waals surface area contributed by atoms with Crippen LogP contribution in [0.5, 0.6) is 0 Å². The molecule has 0 rings (SSSR count). The van der Waals surface area contributed by atoms with Gasteiger partial charge in [0.05, 0.1) is 5.60 Å². The van der Waals surface area contributed by atoms with Gasteiger partial charge in [-0.15, -0.1) is 0 Å². The van der Waals surface area contributed by atoms with Gasteiger partial charge in [0, 0.05) is 13.2 Å². The maximum absolute atomic E-state index is 5.47. The molecule has 0 saturated heterocycles. The molecule has 0 aliphatic rings. The van der Waals surface area contributed by atoms with Gasteiger partial charge in [0.15, 0.2) is 0 Å². The largest absolute Gasteiger partial charge is 0.379 e. The standard InChI is InChI=1S/C15H33NO/c1-7-9-10-14(8-2)12-16-13(3)11-15(4,5)17-6/h13-14,16H,7-12H2,1-6H3. The van der Waals surface area contributed by atoms with Crippen LogP contribution in [0.4, 0.5) is 0 Å². The van der Waals surface area contributed by atoms with E-state index in [2.05, 4.69) is 39.9 Å². The molecule has 0 radical (unpaired) electrons. The molecule has 2 nitrogen and oxygen atoms in total. The normalized spacial score (nSPS) is 15.9. The molecule has 2 unspecified atom stereocenters. The maximum atomic E-state index is 5.47.